The summed E-state index contributed by atoms with van der Waals surface area (Å²) in [5.41, 5.74) is 4.59. The predicted molar refractivity (Wildman–Crippen MR) is 97.1 cm³/mol. The molecule has 5 heteroatoms. The minimum Gasteiger partial charge on any atom is -0.325 e. The molecule has 1 heterocycles. The molecule has 0 radical (unpaired) electrons. The van der Waals surface area contributed by atoms with Gasteiger partial charge in [-0.3, -0.25) is 15.5 Å². The lowest BCUT2D eigenvalue weighted by Crippen LogP contribution is -2.28. The number of anilines is 1. The van der Waals surface area contributed by atoms with Gasteiger partial charge in [-0.2, -0.15) is 0 Å². The smallest absolute Gasteiger partial charge is 0.213 e. The number of aromatic nitrogens is 1. The minimum atomic E-state index is -0.0709. The van der Waals surface area contributed by atoms with E-state index >= 15 is 0 Å². The number of pyridine rings is 1. The molecular formula is C19H18N4O. The average molecular weight is 318 g/mol. The number of benzene rings is 2. The Labute approximate surface area is 140 Å². The molecule has 3 N–H and O–H groups in total. The van der Waals surface area contributed by atoms with Crippen molar-refractivity contribution in [3.63, 3.8) is 0 Å². The summed E-state index contributed by atoms with van der Waals surface area (Å²) < 4.78 is 0. The lowest BCUT2D eigenvalue weighted by atomic mass is 10.0. The van der Waals surface area contributed by atoms with Crippen LogP contribution in [0, 0.1) is 5.41 Å². The Hall–Kier alpha value is -3.21. The van der Waals surface area contributed by atoms with Gasteiger partial charge in [0, 0.05) is 10.9 Å². The Balaban J connectivity index is 2.15. The second-order valence-corrected chi connectivity index (χ2v) is 5.39. The van der Waals surface area contributed by atoms with Gasteiger partial charge in [0.15, 0.2) is 5.96 Å². The summed E-state index contributed by atoms with van der Waals surface area (Å²) in [6.45, 7) is 2.09. The van der Waals surface area contributed by atoms with E-state index in [4.69, 9.17) is 10.4 Å². The molecule has 0 saturated carbocycles. The Morgan fingerprint density at radius 3 is 2.67 bits per heavy atom. The number of carbonyl (C=O) groups excluding carboxylic acids is 1. The molecule has 1 aromatic heterocycles. The second-order valence-electron chi connectivity index (χ2n) is 5.39. The molecule has 0 spiro atoms. The first-order valence-electron chi connectivity index (χ1n) is 7.76. The molecule has 24 heavy (non-hydrogen) atoms. The number of nitrogens with one attached hydrogen (secondary N) is 3. The molecular weight excluding hydrogens is 300 g/mol. The second kappa shape index (κ2) is 6.91. The molecule has 3 aromatic rings. The molecule has 0 atom stereocenters. The molecule has 0 aliphatic rings. The first kappa shape index (κ1) is 15.7. The summed E-state index contributed by atoms with van der Waals surface area (Å²) in [6.07, 6.45) is 1.40. The first-order chi connectivity index (χ1) is 11.7. The lowest BCUT2D eigenvalue weighted by molar-refractivity contribution is -0.108. The molecule has 0 unspecified atom stereocenters. The summed E-state index contributed by atoms with van der Waals surface area (Å²) in [5.74, 6) is -0.0709. The van der Waals surface area contributed by atoms with E-state index in [1.807, 2.05) is 42.5 Å². The number of carbonyl (C=O) groups is 1. The van der Waals surface area contributed by atoms with Crippen molar-refractivity contribution in [2.45, 2.75) is 13.3 Å². The van der Waals surface area contributed by atoms with Crippen LogP contribution in [0.3, 0.4) is 0 Å². The number of guanidine groups is 1. The zero-order valence-electron chi connectivity index (χ0n) is 13.3. The third-order valence-corrected chi connectivity index (χ3v) is 3.81. The van der Waals surface area contributed by atoms with Crippen LogP contribution in [0.1, 0.15) is 12.5 Å². The zero-order valence-corrected chi connectivity index (χ0v) is 13.3. The van der Waals surface area contributed by atoms with Crippen LogP contribution >= 0.6 is 0 Å². The van der Waals surface area contributed by atoms with Crippen molar-refractivity contribution in [3.8, 4) is 11.3 Å². The van der Waals surface area contributed by atoms with Crippen LogP contribution in [0.15, 0.2) is 54.6 Å². The van der Waals surface area contributed by atoms with Gasteiger partial charge < -0.3 is 5.32 Å². The number of aryl methyl sites for hydroxylation is 1. The quantitative estimate of drug-likeness (QED) is 0.391. The molecule has 120 valence electrons. The molecule has 2 aromatic carbocycles. The molecule has 0 bridgehead atoms. The highest BCUT2D eigenvalue weighted by Crippen LogP contribution is 2.29. The van der Waals surface area contributed by atoms with E-state index in [1.54, 1.807) is 0 Å². The summed E-state index contributed by atoms with van der Waals surface area (Å²) in [4.78, 5) is 15.3. The van der Waals surface area contributed by atoms with Crippen LogP contribution in [-0.4, -0.2) is 17.4 Å². The van der Waals surface area contributed by atoms with Crippen molar-refractivity contribution in [2.24, 2.45) is 0 Å². The molecule has 0 fully saturated rings. The monoisotopic (exact) mass is 318 g/mol. The van der Waals surface area contributed by atoms with Crippen molar-refractivity contribution in [3.05, 3.63) is 60.2 Å². The predicted octanol–water partition coefficient (Wildman–Crippen LogP) is 3.56. The highest BCUT2D eigenvalue weighted by Gasteiger charge is 2.09. The first-order valence-corrected chi connectivity index (χ1v) is 7.76. The third-order valence-electron chi connectivity index (χ3n) is 3.81. The van der Waals surface area contributed by atoms with Gasteiger partial charge in [0.2, 0.25) is 6.41 Å². The standard InChI is InChI=1S/C19H18N4O/c1-2-13-8-9-16-15(10-13)18(23-19(20)21-12-24)11-17(22-16)14-6-4-3-5-7-14/h3-12H,2H2,1H3,(H3,20,21,22,23,24). The summed E-state index contributed by atoms with van der Waals surface area (Å²) in [7, 11) is 0. The molecule has 0 aliphatic heterocycles. The highest BCUT2D eigenvalue weighted by molar-refractivity contribution is 6.04. The van der Waals surface area contributed by atoms with Gasteiger partial charge in [-0.05, 0) is 30.2 Å². The van der Waals surface area contributed by atoms with Crippen LogP contribution in [-0.2, 0) is 11.2 Å². The fraction of sp³-hybridized carbons (Fsp3) is 0.105. The van der Waals surface area contributed by atoms with Crippen LogP contribution in [0.4, 0.5) is 5.69 Å². The number of nitrogens with zero attached hydrogens (tertiary/aromatic N) is 1. The van der Waals surface area contributed by atoms with Crippen molar-refractivity contribution >= 4 is 29.0 Å². The summed E-state index contributed by atoms with van der Waals surface area (Å²) in [6, 6.07) is 17.9. The largest absolute Gasteiger partial charge is 0.325 e. The highest BCUT2D eigenvalue weighted by atomic mass is 16.1. The fourth-order valence-corrected chi connectivity index (χ4v) is 2.58. The molecule has 0 aliphatic carbocycles. The summed E-state index contributed by atoms with van der Waals surface area (Å²) >= 11 is 0. The third kappa shape index (κ3) is 3.25. The van der Waals surface area contributed by atoms with Crippen LogP contribution in [0.5, 0.6) is 0 Å². The van der Waals surface area contributed by atoms with Crippen molar-refractivity contribution in [1.29, 1.82) is 5.41 Å². The van der Waals surface area contributed by atoms with Crippen LogP contribution in [0.2, 0.25) is 0 Å². The number of fused-ring (bicyclic) bond motifs is 1. The summed E-state index contributed by atoms with van der Waals surface area (Å²) in [5, 5.41) is 14.0. The van der Waals surface area contributed by atoms with Gasteiger partial charge in [0.25, 0.3) is 0 Å². The van der Waals surface area contributed by atoms with Gasteiger partial charge in [-0.15, -0.1) is 0 Å². The van der Waals surface area contributed by atoms with Crippen LogP contribution in [0.25, 0.3) is 22.2 Å². The molecule has 5 nitrogen and oxygen atoms in total. The fourth-order valence-electron chi connectivity index (χ4n) is 2.58. The number of hydrogen-bond donors (Lipinski definition) is 3. The normalized spacial score (nSPS) is 10.4. The maximum Gasteiger partial charge on any atom is 0.213 e. The van der Waals surface area contributed by atoms with Gasteiger partial charge in [0.1, 0.15) is 0 Å². The minimum absolute atomic E-state index is 0.0709. The Bertz CT molecular complexity index is 891. The number of amides is 1. The van der Waals surface area contributed by atoms with Crippen molar-refractivity contribution in [1.82, 2.24) is 10.3 Å². The van der Waals surface area contributed by atoms with E-state index in [9.17, 15) is 4.79 Å². The van der Waals surface area contributed by atoms with E-state index in [1.165, 1.54) is 5.56 Å². The molecule has 0 saturated heterocycles. The van der Waals surface area contributed by atoms with E-state index in [0.717, 1.165) is 34.3 Å². The van der Waals surface area contributed by atoms with E-state index in [2.05, 4.69) is 29.7 Å². The lowest BCUT2D eigenvalue weighted by Gasteiger charge is -2.13. The maximum absolute atomic E-state index is 10.6. The topological polar surface area (TPSA) is 77.9 Å². The Kier molecular flexibility index (Phi) is 4.52. The van der Waals surface area contributed by atoms with E-state index in [0.29, 0.717) is 6.41 Å². The molecule has 1 amide bonds. The van der Waals surface area contributed by atoms with Gasteiger partial charge in [-0.1, -0.05) is 43.3 Å². The Morgan fingerprint density at radius 2 is 1.96 bits per heavy atom. The van der Waals surface area contributed by atoms with E-state index in [-0.39, 0.29) is 5.96 Å². The van der Waals surface area contributed by atoms with Gasteiger partial charge >= 0.3 is 0 Å². The van der Waals surface area contributed by atoms with Crippen LogP contribution < -0.4 is 10.6 Å². The number of hydrogen-bond acceptors (Lipinski definition) is 3. The van der Waals surface area contributed by atoms with E-state index < -0.39 is 0 Å². The van der Waals surface area contributed by atoms with Crippen molar-refractivity contribution in [2.75, 3.05) is 5.32 Å². The maximum atomic E-state index is 10.6. The SMILES string of the molecule is CCc1ccc2nc(-c3ccccc3)cc(NC(=N)NC=O)c2c1. The molecule has 3 rings (SSSR count). The van der Waals surface area contributed by atoms with Gasteiger partial charge in [-0.25, -0.2) is 4.98 Å². The average Bonchev–Trinajstić information content (AvgIpc) is 2.62. The zero-order chi connectivity index (χ0) is 16.9. The van der Waals surface area contributed by atoms with Gasteiger partial charge in [0.05, 0.1) is 16.9 Å². The van der Waals surface area contributed by atoms with Crippen molar-refractivity contribution < 1.29 is 4.79 Å². The number of rotatable bonds is 4. The Morgan fingerprint density at radius 1 is 1.17 bits per heavy atom.